The Bertz CT molecular complexity index is 1080. The molecule has 4 rings (SSSR count). The van der Waals surface area contributed by atoms with Gasteiger partial charge in [0.15, 0.2) is 0 Å². The molecule has 0 saturated heterocycles. The number of para-hydroxylation sites is 1. The Kier molecular flexibility index (Phi) is 4.66. The van der Waals surface area contributed by atoms with E-state index >= 15 is 0 Å². The van der Waals surface area contributed by atoms with Crippen LogP contribution in [0.5, 0.6) is 0 Å². The molecule has 26 heavy (non-hydrogen) atoms. The summed E-state index contributed by atoms with van der Waals surface area (Å²) in [5, 5.41) is 3.07. The van der Waals surface area contributed by atoms with Crippen molar-refractivity contribution in [3.05, 3.63) is 64.8 Å². The topological polar surface area (TPSA) is 54.7 Å². The summed E-state index contributed by atoms with van der Waals surface area (Å²) in [6.45, 7) is 2.82. The molecule has 0 radical (unpaired) electrons. The van der Waals surface area contributed by atoms with Gasteiger partial charge in [-0.05, 0) is 62.1 Å². The van der Waals surface area contributed by atoms with E-state index in [0.29, 0.717) is 6.54 Å². The molecule has 2 heterocycles. The molecule has 4 heteroatoms. The number of H-pyrrole nitrogens is 1. The van der Waals surface area contributed by atoms with Crippen LogP contribution in [0.4, 0.5) is 0 Å². The molecule has 0 bridgehead atoms. The third kappa shape index (κ3) is 2.98. The van der Waals surface area contributed by atoms with Crippen molar-refractivity contribution in [2.75, 3.05) is 6.54 Å². The van der Waals surface area contributed by atoms with Gasteiger partial charge in [-0.3, -0.25) is 4.98 Å². The first-order valence-electron chi connectivity index (χ1n) is 9.04. The molecule has 3 nitrogen and oxygen atoms in total. The van der Waals surface area contributed by atoms with Crippen LogP contribution in [0.25, 0.3) is 33.1 Å². The molecule has 0 fully saturated rings. The van der Waals surface area contributed by atoms with Gasteiger partial charge in [-0.25, -0.2) is 0 Å². The second-order valence-corrected chi connectivity index (χ2v) is 7.16. The Hall–Kier alpha value is -2.36. The lowest BCUT2D eigenvalue weighted by atomic mass is 9.99. The fourth-order valence-corrected chi connectivity index (χ4v) is 3.88. The summed E-state index contributed by atoms with van der Waals surface area (Å²) in [4.78, 5) is 8.26. The third-order valence-corrected chi connectivity index (χ3v) is 5.29. The van der Waals surface area contributed by atoms with Gasteiger partial charge >= 0.3 is 0 Å². The largest absolute Gasteiger partial charge is 0.354 e. The van der Waals surface area contributed by atoms with Crippen LogP contribution in [0.3, 0.4) is 0 Å². The summed E-state index contributed by atoms with van der Waals surface area (Å²) in [5.41, 5.74) is 12.5. The minimum Gasteiger partial charge on any atom is -0.354 e. The number of aromatic amines is 1. The van der Waals surface area contributed by atoms with Gasteiger partial charge in [0.1, 0.15) is 0 Å². The van der Waals surface area contributed by atoms with Crippen molar-refractivity contribution in [1.82, 2.24) is 9.97 Å². The molecule has 0 aliphatic heterocycles. The van der Waals surface area contributed by atoms with E-state index in [-0.39, 0.29) is 0 Å². The predicted octanol–water partition coefficient (Wildman–Crippen LogP) is 5.63. The molecule has 3 N–H and O–H groups in total. The zero-order valence-electron chi connectivity index (χ0n) is 14.8. The van der Waals surface area contributed by atoms with Crippen molar-refractivity contribution < 1.29 is 0 Å². The maximum atomic E-state index is 6.58. The van der Waals surface area contributed by atoms with Crippen molar-refractivity contribution in [3.63, 3.8) is 0 Å². The highest BCUT2D eigenvalue weighted by Crippen LogP contribution is 2.37. The van der Waals surface area contributed by atoms with Crippen molar-refractivity contribution in [3.8, 4) is 11.3 Å². The number of fused-ring (bicyclic) bond motifs is 2. The smallest absolute Gasteiger partial charge is 0.0702 e. The number of nitrogens with zero attached hydrogens (tertiary/aromatic N) is 1. The molecule has 0 amide bonds. The van der Waals surface area contributed by atoms with Crippen LogP contribution in [0, 0.1) is 6.92 Å². The number of aryl methyl sites for hydroxylation is 2. The van der Waals surface area contributed by atoms with Gasteiger partial charge in [0.05, 0.1) is 21.7 Å². The molecule has 0 spiro atoms. The van der Waals surface area contributed by atoms with Crippen LogP contribution in [0.15, 0.2) is 48.7 Å². The lowest BCUT2D eigenvalue weighted by molar-refractivity contribution is 0.748. The molecule has 0 saturated carbocycles. The van der Waals surface area contributed by atoms with E-state index in [2.05, 4.69) is 35.1 Å². The number of nitrogens with two attached hydrogens (primary N) is 1. The fourth-order valence-electron chi connectivity index (χ4n) is 3.61. The van der Waals surface area contributed by atoms with Crippen LogP contribution in [-0.2, 0) is 6.42 Å². The maximum Gasteiger partial charge on any atom is 0.0702 e. The van der Waals surface area contributed by atoms with Gasteiger partial charge < -0.3 is 10.7 Å². The van der Waals surface area contributed by atoms with E-state index in [0.717, 1.165) is 57.3 Å². The average Bonchev–Trinajstić information content (AvgIpc) is 3.05. The van der Waals surface area contributed by atoms with Crippen molar-refractivity contribution in [2.45, 2.75) is 26.2 Å². The monoisotopic (exact) mass is 363 g/mol. The summed E-state index contributed by atoms with van der Waals surface area (Å²) in [6.07, 6.45) is 4.94. The molecule has 2 aromatic carbocycles. The number of rotatable bonds is 5. The Labute approximate surface area is 158 Å². The number of nitrogens with one attached hydrogen (secondary N) is 1. The second-order valence-electron chi connectivity index (χ2n) is 6.76. The van der Waals surface area contributed by atoms with Gasteiger partial charge in [-0.2, -0.15) is 0 Å². The first kappa shape index (κ1) is 17.1. The summed E-state index contributed by atoms with van der Waals surface area (Å²) in [5.74, 6) is 0. The predicted molar refractivity (Wildman–Crippen MR) is 111 cm³/mol. The lowest BCUT2D eigenvalue weighted by Crippen LogP contribution is -1.99. The van der Waals surface area contributed by atoms with E-state index < -0.39 is 0 Å². The van der Waals surface area contributed by atoms with Gasteiger partial charge in [0.2, 0.25) is 0 Å². The fraction of sp³-hybridized carbons (Fsp3) is 0.227. The second kappa shape index (κ2) is 7.10. The maximum absolute atomic E-state index is 6.58. The zero-order chi connectivity index (χ0) is 18.1. The van der Waals surface area contributed by atoms with Gasteiger partial charge in [-0.15, -0.1) is 0 Å². The number of benzene rings is 2. The highest BCUT2D eigenvalue weighted by atomic mass is 35.5. The van der Waals surface area contributed by atoms with Crippen LogP contribution in [0.1, 0.15) is 24.0 Å². The quantitative estimate of drug-likeness (QED) is 0.452. The first-order valence-corrected chi connectivity index (χ1v) is 9.41. The number of halogens is 1. The SMILES string of the molecule is Cc1ccc(Cl)c2c(CCCCN)c(-c3cnc4ccccc4c3)[nH]c12. The molecular weight excluding hydrogens is 342 g/mol. The molecule has 4 aromatic rings. The van der Waals surface area contributed by atoms with Gasteiger partial charge in [0.25, 0.3) is 0 Å². The Morgan fingerprint density at radius 1 is 1.12 bits per heavy atom. The van der Waals surface area contributed by atoms with Gasteiger partial charge in [-0.1, -0.05) is 35.9 Å². The highest BCUT2D eigenvalue weighted by molar-refractivity contribution is 6.36. The number of unbranched alkanes of at least 4 members (excludes halogenated alkanes) is 1. The highest BCUT2D eigenvalue weighted by Gasteiger charge is 2.17. The van der Waals surface area contributed by atoms with Crippen molar-refractivity contribution >= 4 is 33.4 Å². The number of pyridine rings is 1. The number of aromatic nitrogens is 2. The molecule has 132 valence electrons. The molecule has 0 atom stereocenters. The normalized spacial score (nSPS) is 11.5. The number of hydrogen-bond acceptors (Lipinski definition) is 2. The average molecular weight is 364 g/mol. The third-order valence-electron chi connectivity index (χ3n) is 4.98. The Morgan fingerprint density at radius 2 is 1.96 bits per heavy atom. The summed E-state index contributed by atoms with van der Waals surface area (Å²) < 4.78 is 0. The van der Waals surface area contributed by atoms with E-state index in [9.17, 15) is 0 Å². The first-order chi connectivity index (χ1) is 12.7. The summed E-state index contributed by atoms with van der Waals surface area (Å²) in [6, 6.07) is 14.4. The number of hydrogen-bond donors (Lipinski definition) is 2. The molecule has 0 aliphatic carbocycles. The van der Waals surface area contributed by atoms with Crippen LogP contribution in [-0.4, -0.2) is 16.5 Å². The van der Waals surface area contributed by atoms with Gasteiger partial charge in [0, 0.05) is 22.5 Å². The molecule has 0 aliphatic rings. The zero-order valence-corrected chi connectivity index (χ0v) is 15.6. The standard InChI is InChI=1S/C22H22ClN3/c1-14-9-10-18(23)20-17(7-4-5-11-24)22(26-21(14)20)16-12-15-6-2-3-8-19(15)25-13-16/h2-3,6,8-10,12-13,26H,4-5,7,11,24H2,1H3. The van der Waals surface area contributed by atoms with Crippen LogP contribution >= 0.6 is 11.6 Å². The van der Waals surface area contributed by atoms with E-state index in [1.54, 1.807) is 0 Å². The van der Waals surface area contributed by atoms with E-state index in [1.807, 2.05) is 30.5 Å². The molecule has 2 aromatic heterocycles. The minimum absolute atomic E-state index is 0.710. The van der Waals surface area contributed by atoms with Crippen LogP contribution in [0.2, 0.25) is 5.02 Å². The van der Waals surface area contributed by atoms with Crippen molar-refractivity contribution in [1.29, 1.82) is 0 Å². The van der Waals surface area contributed by atoms with E-state index in [4.69, 9.17) is 17.3 Å². The Balaban J connectivity index is 1.93. The van der Waals surface area contributed by atoms with Crippen molar-refractivity contribution in [2.24, 2.45) is 5.73 Å². The summed E-state index contributed by atoms with van der Waals surface area (Å²) >= 11 is 6.58. The molecule has 0 unspecified atom stereocenters. The Morgan fingerprint density at radius 3 is 2.81 bits per heavy atom. The summed E-state index contributed by atoms with van der Waals surface area (Å²) in [7, 11) is 0. The van der Waals surface area contributed by atoms with E-state index in [1.165, 1.54) is 11.1 Å². The van der Waals surface area contributed by atoms with Crippen LogP contribution < -0.4 is 5.73 Å². The molecular formula is C22H22ClN3. The lowest BCUT2D eigenvalue weighted by Gasteiger charge is -2.07. The minimum atomic E-state index is 0.710.